The fourth-order valence-electron chi connectivity index (χ4n) is 2.31. The molecule has 0 N–H and O–H groups in total. The average molecular weight is 279 g/mol. The van der Waals surface area contributed by atoms with Crippen LogP contribution in [0.1, 0.15) is 54.7 Å². The molecule has 102 valence electrons. The van der Waals surface area contributed by atoms with E-state index in [4.69, 9.17) is 0 Å². The molecule has 0 bridgehead atoms. The van der Waals surface area contributed by atoms with Crippen molar-refractivity contribution >= 4 is 22.2 Å². The molecular formula is C12H17N5OS. The highest BCUT2D eigenvalue weighted by molar-refractivity contribution is 7.18. The van der Waals surface area contributed by atoms with Crippen LogP contribution >= 0.6 is 11.3 Å². The first kappa shape index (κ1) is 12.5. The largest absolute Gasteiger partial charge is 0.337 e. The Balaban J connectivity index is 1.90. The Bertz CT molecular complexity index is 596. The second-order valence-corrected chi connectivity index (χ2v) is 6.12. The number of likely N-dealkylation sites (tertiary alicyclic amines) is 1. The summed E-state index contributed by atoms with van der Waals surface area (Å²) in [6.45, 7) is 5.77. The minimum atomic E-state index is 0.0323. The number of amides is 1. The monoisotopic (exact) mass is 279 g/mol. The van der Waals surface area contributed by atoms with Crippen LogP contribution in [-0.4, -0.2) is 43.7 Å². The van der Waals surface area contributed by atoms with E-state index < -0.39 is 0 Å². The van der Waals surface area contributed by atoms with E-state index in [9.17, 15) is 4.79 Å². The van der Waals surface area contributed by atoms with Gasteiger partial charge in [0.2, 0.25) is 9.97 Å². The van der Waals surface area contributed by atoms with Crippen molar-refractivity contribution < 1.29 is 4.79 Å². The maximum absolute atomic E-state index is 12.4. The molecule has 1 amide bonds. The maximum atomic E-state index is 12.4. The molecule has 0 atom stereocenters. The molecule has 2 aromatic rings. The zero-order chi connectivity index (χ0) is 13.4. The topological polar surface area (TPSA) is 63.4 Å². The number of rotatable bonds is 2. The molecule has 1 fully saturated rings. The van der Waals surface area contributed by atoms with Gasteiger partial charge in [0, 0.05) is 19.0 Å². The number of carbonyl (C=O) groups is 1. The second-order valence-electron chi connectivity index (χ2n) is 5.17. The van der Waals surface area contributed by atoms with E-state index >= 15 is 0 Å². The number of nitrogens with zero attached hydrogens (tertiary/aromatic N) is 5. The number of hydrogen-bond donors (Lipinski definition) is 0. The number of hydrogen-bond acceptors (Lipinski definition) is 5. The highest BCUT2D eigenvalue weighted by Gasteiger charge is 2.23. The van der Waals surface area contributed by atoms with E-state index in [2.05, 4.69) is 15.3 Å². The van der Waals surface area contributed by atoms with Gasteiger partial charge in [-0.3, -0.25) is 4.79 Å². The molecular weight excluding hydrogens is 262 g/mol. The molecule has 0 spiro atoms. The molecule has 19 heavy (non-hydrogen) atoms. The molecule has 6 nitrogen and oxygen atoms in total. The lowest BCUT2D eigenvalue weighted by Gasteiger charge is -2.25. The highest BCUT2D eigenvalue weighted by atomic mass is 32.1. The SMILES string of the molecule is CC(C)c1nnc2sc(C(=O)N3CCCCC3)nn12. The Hall–Kier alpha value is -1.50. The van der Waals surface area contributed by atoms with Crippen molar-refractivity contribution in [3.8, 4) is 0 Å². The predicted octanol–water partition coefficient (Wildman–Crippen LogP) is 1.94. The van der Waals surface area contributed by atoms with E-state index in [1.165, 1.54) is 17.8 Å². The Morgan fingerprint density at radius 1 is 1.21 bits per heavy atom. The molecule has 0 radical (unpaired) electrons. The lowest BCUT2D eigenvalue weighted by Crippen LogP contribution is -2.35. The van der Waals surface area contributed by atoms with Crippen molar-refractivity contribution in [1.82, 2.24) is 24.7 Å². The maximum Gasteiger partial charge on any atom is 0.284 e. The number of aromatic nitrogens is 4. The molecule has 3 heterocycles. The van der Waals surface area contributed by atoms with Crippen molar-refractivity contribution in [2.24, 2.45) is 0 Å². The quantitative estimate of drug-likeness (QED) is 0.842. The first-order chi connectivity index (χ1) is 9.16. The van der Waals surface area contributed by atoms with Crippen LogP contribution < -0.4 is 0 Å². The number of piperidine rings is 1. The van der Waals surface area contributed by atoms with Crippen molar-refractivity contribution in [3.05, 3.63) is 10.8 Å². The summed E-state index contributed by atoms with van der Waals surface area (Å²) >= 11 is 1.32. The Kier molecular flexibility index (Phi) is 3.22. The molecule has 3 rings (SSSR count). The van der Waals surface area contributed by atoms with Crippen LogP contribution in [0, 0.1) is 0 Å². The van der Waals surface area contributed by atoms with Gasteiger partial charge in [-0.1, -0.05) is 25.2 Å². The van der Waals surface area contributed by atoms with E-state index in [0.717, 1.165) is 31.8 Å². The summed E-state index contributed by atoms with van der Waals surface area (Å²) in [6.07, 6.45) is 3.40. The zero-order valence-corrected chi connectivity index (χ0v) is 12.0. The first-order valence-corrected chi connectivity index (χ1v) is 7.50. The summed E-state index contributed by atoms with van der Waals surface area (Å²) in [7, 11) is 0. The van der Waals surface area contributed by atoms with Crippen LogP contribution in [0.5, 0.6) is 0 Å². The Labute approximate surface area is 115 Å². The molecule has 0 aliphatic carbocycles. The fourth-order valence-corrected chi connectivity index (χ4v) is 3.13. The lowest BCUT2D eigenvalue weighted by molar-refractivity contribution is 0.0722. The summed E-state index contributed by atoms with van der Waals surface area (Å²) in [5.74, 6) is 1.09. The molecule has 0 saturated carbocycles. The summed E-state index contributed by atoms with van der Waals surface area (Å²) in [5.41, 5.74) is 0. The normalized spacial score (nSPS) is 16.5. The van der Waals surface area contributed by atoms with Crippen LogP contribution in [-0.2, 0) is 0 Å². The van der Waals surface area contributed by atoms with Gasteiger partial charge in [-0.25, -0.2) is 0 Å². The standard InChI is InChI=1S/C12H17N5OS/c1-8(2)9-13-14-12-17(9)15-10(19-12)11(18)16-6-4-3-5-7-16/h8H,3-7H2,1-2H3. The van der Waals surface area contributed by atoms with Crippen molar-refractivity contribution in [2.75, 3.05) is 13.1 Å². The van der Waals surface area contributed by atoms with Gasteiger partial charge in [0.1, 0.15) is 0 Å². The van der Waals surface area contributed by atoms with Gasteiger partial charge in [0.15, 0.2) is 5.82 Å². The zero-order valence-electron chi connectivity index (χ0n) is 11.2. The van der Waals surface area contributed by atoms with Gasteiger partial charge >= 0.3 is 0 Å². The van der Waals surface area contributed by atoms with E-state index in [1.807, 2.05) is 18.7 Å². The molecule has 1 aliphatic rings. The third kappa shape index (κ3) is 2.22. The summed E-state index contributed by atoms with van der Waals surface area (Å²) in [6, 6.07) is 0. The van der Waals surface area contributed by atoms with Gasteiger partial charge in [-0.15, -0.1) is 15.3 Å². The molecule has 0 unspecified atom stereocenters. The molecule has 1 aliphatic heterocycles. The minimum absolute atomic E-state index is 0.0323. The smallest absolute Gasteiger partial charge is 0.284 e. The van der Waals surface area contributed by atoms with Gasteiger partial charge < -0.3 is 4.90 Å². The Morgan fingerprint density at radius 2 is 1.95 bits per heavy atom. The Morgan fingerprint density at radius 3 is 2.63 bits per heavy atom. The second kappa shape index (κ2) is 4.88. The molecule has 2 aromatic heterocycles. The van der Waals surface area contributed by atoms with Gasteiger partial charge in [0.05, 0.1) is 0 Å². The van der Waals surface area contributed by atoms with Crippen molar-refractivity contribution in [1.29, 1.82) is 0 Å². The fraction of sp³-hybridized carbons (Fsp3) is 0.667. The van der Waals surface area contributed by atoms with Crippen LogP contribution in [0.25, 0.3) is 4.96 Å². The van der Waals surface area contributed by atoms with Gasteiger partial charge in [-0.05, 0) is 19.3 Å². The predicted molar refractivity (Wildman–Crippen MR) is 72.5 cm³/mol. The van der Waals surface area contributed by atoms with Gasteiger partial charge in [-0.2, -0.15) is 4.52 Å². The highest BCUT2D eigenvalue weighted by Crippen LogP contribution is 2.21. The lowest BCUT2D eigenvalue weighted by atomic mass is 10.1. The van der Waals surface area contributed by atoms with Gasteiger partial charge in [0.25, 0.3) is 5.91 Å². The molecule has 0 aromatic carbocycles. The third-order valence-corrected chi connectivity index (χ3v) is 4.24. The van der Waals surface area contributed by atoms with E-state index in [1.54, 1.807) is 4.52 Å². The summed E-state index contributed by atoms with van der Waals surface area (Å²) < 4.78 is 1.70. The summed E-state index contributed by atoms with van der Waals surface area (Å²) in [5, 5.41) is 13.1. The van der Waals surface area contributed by atoms with E-state index in [0.29, 0.717) is 9.97 Å². The van der Waals surface area contributed by atoms with Crippen LogP contribution in [0.2, 0.25) is 0 Å². The molecule has 1 saturated heterocycles. The van der Waals surface area contributed by atoms with Crippen LogP contribution in [0.3, 0.4) is 0 Å². The minimum Gasteiger partial charge on any atom is -0.337 e. The van der Waals surface area contributed by atoms with Crippen molar-refractivity contribution in [3.63, 3.8) is 0 Å². The summed E-state index contributed by atoms with van der Waals surface area (Å²) in [4.78, 5) is 15.0. The number of fused-ring (bicyclic) bond motifs is 1. The van der Waals surface area contributed by atoms with Crippen LogP contribution in [0.15, 0.2) is 0 Å². The molecule has 7 heteroatoms. The number of carbonyl (C=O) groups excluding carboxylic acids is 1. The first-order valence-electron chi connectivity index (χ1n) is 6.68. The third-order valence-electron chi connectivity index (χ3n) is 3.36. The average Bonchev–Trinajstić information content (AvgIpc) is 2.98. The van der Waals surface area contributed by atoms with Crippen molar-refractivity contribution in [2.45, 2.75) is 39.0 Å². The van der Waals surface area contributed by atoms with Crippen LogP contribution in [0.4, 0.5) is 0 Å². The van der Waals surface area contributed by atoms with E-state index in [-0.39, 0.29) is 11.8 Å².